The molecule has 0 fully saturated rings. The van der Waals surface area contributed by atoms with Crippen LogP contribution in [0.2, 0.25) is 0 Å². The van der Waals surface area contributed by atoms with Gasteiger partial charge in [0.1, 0.15) is 11.1 Å². The molecule has 1 aromatic heterocycles. The Balaban J connectivity index is 1.72. The third kappa shape index (κ3) is 3.05. The van der Waals surface area contributed by atoms with Crippen molar-refractivity contribution in [2.75, 3.05) is 0 Å². The van der Waals surface area contributed by atoms with Crippen LogP contribution >= 0.6 is 0 Å². The smallest absolute Gasteiger partial charge is 0.348 e. The number of rotatable bonds is 3. The third-order valence-electron chi connectivity index (χ3n) is 5.03. The van der Waals surface area contributed by atoms with E-state index in [1.807, 2.05) is 60.7 Å². The molecule has 0 aliphatic carbocycles. The minimum absolute atomic E-state index is 0.200. The molecule has 5 aromatic rings. The minimum atomic E-state index is -0.555. The largest absolute Gasteiger partial charge is 0.422 e. The quantitative estimate of drug-likeness (QED) is 0.286. The van der Waals surface area contributed by atoms with E-state index in [1.165, 1.54) is 0 Å². The van der Waals surface area contributed by atoms with E-state index in [4.69, 9.17) is 9.15 Å². The van der Waals surface area contributed by atoms with Crippen LogP contribution < -0.4 is 10.4 Å². The second kappa shape index (κ2) is 7.33. The number of carbonyl (C=O) groups is 1. The molecule has 30 heavy (non-hydrogen) atoms. The summed E-state index contributed by atoms with van der Waals surface area (Å²) in [5, 5.41) is 2.29. The average Bonchev–Trinajstić information content (AvgIpc) is 2.79. The van der Waals surface area contributed by atoms with Crippen LogP contribution in [0.5, 0.6) is 5.75 Å². The fourth-order valence-corrected chi connectivity index (χ4v) is 3.63. The summed E-state index contributed by atoms with van der Waals surface area (Å²) in [7, 11) is 0. The molecule has 144 valence electrons. The Labute approximate surface area is 172 Å². The molecule has 1 heterocycles. The highest BCUT2D eigenvalue weighted by Crippen LogP contribution is 2.35. The monoisotopic (exact) mass is 392 g/mol. The summed E-state index contributed by atoms with van der Waals surface area (Å²) >= 11 is 0. The summed E-state index contributed by atoms with van der Waals surface area (Å²) in [5.74, 6) is -0.328. The highest BCUT2D eigenvalue weighted by atomic mass is 16.5. The van der Waals surface area contributed by atoms with Crippen LogP contribution in [0.1, 0.15) is 10.4 Å². The molecule has 0 spiro atoms. The molecule has 0 saturated heterocycles. The Morgan fingerprint density at radius 3 is 2.20 bits per heavy atom. The maximum Gasteiger partial charge on any atom is 0.348 e. The van der Waals surface area contributed by atoms with Gasteiger partial charge in [0.15, 0.2) is 5.75 Å². The zero-order valence-electron chi connectivity index (χ0n) is 15.9. The SMILES string of the molecule is O=C(Oc1c(-c2ccccc2)c(=O)oc2ccccc12)c1cccc2ccccc12. The van der Waals surface area contributed by atoms with Crippen molar-refractivity contribution in [1.29, 1.82) is 0 Å². The molecule has 0 radical (unpaired) electrons. The Morgan fingerprint density at radius 2 is 1.37 bits per heavy atom. The molecule has 0 aliphatic rings. The van der Waals surface area contributed by atoms with Gasteiger partial charge in [-0.2, -0.15) is 0 Å². The number of ether oxygens (including phenoxy) is 1. The van der Waals surface area contributed by atoms with E-state index in [9.17, 15) is 9.59 Å². The predicted molar refractivity (Wildman–Crippen MR) is 117 cm³/mol. The van der Waals surface area contributed by atoms with Crippen molar-refractivity contribution in [3.63, 3.8) is 0 Å². The number of hydrogen-bond acceptors (Lipinski definition) is 4. The van der Waals surface area contributed by atoms with Crippen molar-refractivity contribution in [2.24, 2.45) is 0 Å². The van der Waals surface area contributed by atoms with Crippen LogP contribution in [-0.4, -0.2) is 5.97 Å². The standard InChI is InChI=1S/C26H16O4/c27-25(20-15-8-12-17-9-4-5-13-19(17)20)30-24-21-14-6-7-16-22(21)29-26(28)23(24)18-10-2-1-3-11-18/h1-16H. The molecule has 0 saturated carbocycles. The van der Waals surface area contributed by atoms with Gasteiger partial charge in [0.05, 0.1) is 10.9 Å². The summed E-state index contributed by atoms with van der Waals surface area (Å²) in [6, 6.07) is 29.2. The lowest BCUT2D eigenvalue weighted by molar-refractivity contribution is 0.0739. The van der Waals surface area contributed by atoms with Crippen molar-refractivity contribution in [3.8, 4) is 16.9 Å². The Morgan fingerprint density at radius 1 is 0.700 bits per heavy atom. The van der Waals surface area contributed by atoms with Crippen LogP contribution in [0.4, 0.5) is 0 Å². The van der Waals surface area contributed by atoms with Crippen molar-refractivity contribution >= 4 is 27.7 Å². The van der Waals surface area contributed by atoms with Crippen molar-refractivity contribution in [1.82, 2.24) is 0 Å². The number of carbonyl (C=O) groups excluding carboxylic acids is 1. The first-order chi connectivity index (χ1) is 14.7. The number of esters is 1. The fourth-order valence-electron chi connectivity index (χ4n) is 3.63. The van der Waals surface area contributed by atoms with Crippen LogP contribution in [0, 0.1) is 0 Å². The van der Waals surface area contributed by atoms with Crippen molar-refractivity contribution in [3.05, 3.63) is 113 Å². The normalized spacial score (nSPS) is 10.9. The van der Waals surface area contributed by atoms with Gasteiger partial charge in [-0.05, 0) is 34.5 Å². The molecule has 5 rings (SSSR count). The maximum absolute atomic E-state index is 13.2. The van der Waals surface area contributed by atoms with Crippen LogP contribution in [0.15, 0.2) is 106 Å². The lowest BCUT2D eigenvalue weighted by atomic mass is 10.0. The molecule has 0 bridgehead atoms. The molecule has 4 nitrogen and oxygen atoms in total. The van der Waals surface area contributed by atoms with E-state index in [2.05, 4.69) is 0 Å². The van der Waals surface area contributed by atoms with Gasteiger partial charge in [-0.3, -0.25) is 0 Å². The summed E-state index contributed by atoms with van der Waals surface area (Å²) in [4.78, 5) is 26.0. The Hall–Kier alpha value is -4.18. The van der Waals surface area contributed by atoms with E-state index in [0.29, 0.717) is 22.1 Å². The minimum Gasteiger partial charge on any atom is -0.422 e. The average molecular weight is 392 g/mol. The van der Waals surface area contributed by atoms with Crippen LogP contribution in [0.25, 0.3) is 32.9 Å². The van der Waals surface area contributed by atoms with Gasteiger partial charge in [0, 0.05) is 0 Å². The molecular formula is C26H16O4. The van der Waals surface area contributed by atoms with Gasteiger partial charge in [0.2, 0.25) is 0 Å². The molecular weight excluding hydrogens is 376 g/mol. The van der Waals surface area contributed by atoms with Gasteiger partial charge in [0.25, 0.3) is 0 Å². The summed E-state index contributed by atoms with van der Waals surface area (Å²) in [5.41, 5.74) is 1.09. The number of para-hydroxylation sites is 1. The molecule has 4 heteroatoms. The predicted octanol–water partition coefficient (Wildman–Crippen LogP) is 5.83. The highest BCUT2D eigenvalue weighted by molar-refractivity contribution is 6.06. The van der Waals surface area contributed by atoms with Crippen LogP contribution in [-0.2, 0) is 0 Å². The van der Waals surface area contributed by atoms with E-state index in [-0.39, 0.29) is 11.3 Å². The Kier molecular flexibility index (Phi) is 4.37. The van der Waals surface area contributed by atoms with E-state index in [0.717, 1.165) is 10.8 Å². The van der Waals surface area contributed by atoms with E-state index >= 15 is 0 Å². The topological polar surface area (TPSA) is 56.5 Å². The number of hydrogen-bond donors (Lipinski definition) is 0. The zero-order chi connectivity index (χ0) is 20.5. The lowest BCUT2D eigenvalue weighted by Gasteiger charge is -2.13. The fraction of sp³-hybridized carbons (Fsp3) is 0. The second-order valence-corrected chi connectivity index (χ2v) is 6.87. The number of benzene rings is 4. The first kappa shape index (κ1) is 17.9. The van der Waals surface area contributed by atoms with Gasteiger partial charge >= 0.3 is 11.6 Å². The molecule has 0 atom stereocenters. The van der Waals surface area contributed by atoms with E-state index in [1.54, 1.807) is 36.4 Å². The molecule has 4 aromatic carbocycles. The molecule has 0 amide bonds. The highest BCUT2D eigenvalue weighted by Gasteiger charge is 2.21. The van der Waals surface area contributed by atoms with Crippen molar-refractivity contribution < 1.29 is 13.9 Å². The van der Waals surface area contributed by atoms with Crippen LogP contribution in [0.3, 0.4) is 0 Å². The lowest BCUT2D eigenvalue weighted by Crippen LogP contribution is -2.14. The third-order valence-corrected chi connectivity index (χ3v) is 5.03. The summed E-state index contributed by atoms with van der Waals surface area (Å²) < 4.78 is 11.4. The van der Waals surface area contributed by atoms with Gasteiger partial charge in [-0.1, -0.05) is 78.9 Å². The van der Waals surface area contributed by atoms with Crippen molar-refractivity contribution in [2.45, 2.75) is 0 Å². The molecule has 0 N–H and O–H groups in total. The second-order valence-electron chi connectivity index (χ2n) is 6.87. The molecule has 0 aliphatic heterocycles. The maximum atomic E-state index is 13.2. The first-order valence-electron chi connectivity index (χ1n) is 9.53. The Bertz CT molecular complexity index is 1440. The summed E-state index contributed by atoms with van der Waals surface area (Å²) in [6.45, 7) is 0. The zero-order valence-corrected chi connectivity index (χ0v) is 15.9. The van der Waals surface area contributed by atoms with Gasteiger partial charge < -0.3 is 9.15 Å². The molecule has 0 unspecified atom stereocenters. The van der Waals surface area contributed by atoms with Gasteiger partial charge in [-0.25, -0.2) is 9.59 Å². The summed E-state index contributed by atoms with van der Waals surface area (Å²) in [6.07, 6.45) is 0. The first-order valence-corrected chi connectivity index (χ1v) is 9.53. The van der Waals surface area contributed by atoms with E-state index < -0.39 is 11.6 Å². The van der Waals surface area contributed by atoms with Gasteiger partial charge in [-0.15, -0.1) is 0 Å². The number of fused-ring (bicyclic) bond motifs is 2.